The molecule has 0 amide bonds. The van der Waals surface area contributed by atoms with E-state index in [0.717, 1.165) is 16.8 Å². The molecular formula is C19H24F3N3O. The predicted octanol–water partition coefficient (Wildman–Crippen LogP) is 4.45. The molecule has 0 aromatic carbocycles. The van der Waals surface area contributed by atoms with Gasteiger partial charge in [0.25, 0.3) is 0 Å². The second kappa shape index (κ2) is 7.61. The molecule has 0 radical (unpaired) electrons. The molecule has 0 spiro atoms. The van der Waals surface area contributed by atoms with Gasteiger partial charge in [-0.25, -0.2) is 4.98 Å². The topological polar surface area (TPSA) is 61.0 Å². The van der Waals surface area contributed by atoms with Gasteiger partial charge in [0.1, 0.15) is 17.9 Å². The second-order valence-corrected chi connectivity index (χ2v) is 7.01. The number of hydrogen-bond donors (Lipinski definition) is 1. The van der Waals surface area contributed by atoms with Crippen LogP contribution in [-0.4, -0.2) is 28.3 Å². The van der Waals surface area contributed by atoms with Crippen molar-refractivity contribution < 1.29 is 17.9 Å². The Morgan fingerprint density at radius 3 is 2.31 bits per heavy atom. The minimum Gasteiger partial charge on any atom is -0.489 e. The van der Waals surface area contributed by atoms with Gasteiger partial charge < -0.3 is 10.5 Å². The molecule has 0 aliphatic heterocycles. The average Bonchev–Trinajstić information content (AvgIpc) is 2.54. The first kappa shape index (κ1) is 20.2. The summed E-state index contributed by atoms with van der Waals surface area (Å²) in [4.78, 5) is 8.46. The standard InChI is InChI=1S/C19H24F3N3O/c1-12(2)10-18(23,19(20,21)22)11-26-16-9-13(3)17(25-14(16)4)15-5-7-24-8-6-15/h5-9,12H,10-11,23H2,1-4H3. The minimum absolute atomic E-state index is 0.208. The third-order valence-electron chi connectivity index (χ3n) is 4.13. The summed E-state index contributed by atoms with van der Waals surface area (Å²) in [7, 11) is 0. The molecule has 1 atom stereocenters. The van der Waals surface area contributed by atoms with E-state index < -0.39 is 18.3 Å². The van der Waals surface area contributed by atoms with Crippen molar-refractivity contribution >= 4 is 0 Å². The van der Waals surface area contributed by atoms with E-state index in [2.05, 4.69) is 9.97 Å². The van der Waals surface area contributed by atoms with E-state index in [1.54, 1.807) is 39.2 Å². The Kier molecular flexibility index (Phi) is 5.91. The van der Waals surface area contributed by atoms with Crippen molar-refractivity contribution in [2.45, 2.75) is 45.8 Å². The van der Waals surface area contributed by atoms with Crippen LogP contribution in [0.5, 0.6) is 5.75 Å². The number of aryl methyl sites for hydroxylation is 2. The van der Waals surface area contributed by atoms with Gasteiger partial charge in [-0.15, -0.1) is 0 Å². The van der Waals surface area contributed by atoms with E-state index in [9.17, 15) is 13.2 Å². The molecule has 7 heteroatoms. The van der Waals surface area contributed by atoms with E-state index in [1.807, 2.05) is 19.1 Å². The number of ether oxygens (including phenoxy) is 1. The quantitative estimate of drug-likeness (QED) is 0.820. The van der Waals surface area contributed by atoms with Crippen molar-refractivity contribution in [3.63, 3.8) is 0 Å². The van der Waals surface area contributed by atoms with E-state index in [1.165, 1.54) is 0 Å². The number of rotatable bonds is 6. The maximum absolute atomic E-state index is 13.4. The monoisotopic (exact) mass is 367 g/mol. The van der Waals surface area contributed by atoms with Gasteiger partial charge in [-0.2, -0.15) is 13.2 Å². The molecule has 2 aromatic rings. The van der Waals surface area contributed by atoms with Crippen LogP contribution < -0.4 is 10.5 Å². The molecule has 0 saturated carbocycles. The average molecular weight is 367 g/mol. The molecular weight excluding hydrogens is 343 g/mol. The van der Waals surface area contributed by atoms with Crippen LogP contribution in [0.3, 0.4) is 0 Å². The Morgan fingerprint density at radius 2 is 1.77 bits per heavy atom. The van der Waals surface area contributed by atoms with Crippen molar-refractivity contribution in [2.75, 3.05) is 6.61 Å². The zero-order valence-corrected chi connectivity index (χ0v) is 15.4. The van der Waals surface area contributed by atoms with Gasteiger partial charge >= 0.3 is 6.18 Å². The molecule has 0 saturated heterocycles. The van der Waals surface area contributed by atoms with Crippen molar-refractivity contribution in [3.05, 3.63) is 41.9 Å². The van der Waals surface area contributed by atoms with Gasteiger partial charge in [-0.1, -0.05) is 13.8 Å². The minimum atomic E-state index is -4.55. The zero-order chi connectivity index (χ0) is 19.5. The van der Waals surface area contributed by atoms with Crippen molar-refractivity contribution in [3.8, 4) is 17.0 Å². The van der Waals surface area contributed by atoms with E-state index in [-0.39, 0.29) is 12.3 Å². The Bertz CT molecular complexity index is 748. The molecule has 2 rings (SSSR count). The summed E-state index contributed by atoms with van der Waals surface area (Å²) in [6, 6.07) is 5.35. The highest BCUT2D eigenvalue weighted by Crippen LogP contribution is 2.35. The molecule has 4 nitrogen and oxygen atoms in total. The van der Waals surface area contributed by atoms with Crippen LogP contribution >= 0.6 is 0 Å². The number of pyridine rings is 2. The maximum atomic E-state index is 13.4. The predicted molar refractivity (Wildman–Crippen MR) is 94.9 cm³/mol. The fourth-order valence-electron chi connectivity index (χ4n) is 2.82. The lowest BCUT2D eigenvalue weighted by Crippen LogP contribution is -2.58. The van der Waals surface area contributed by atoms with Crippen LogP contribution in [0.2, 0.25) is 0 Å². The highest BCUT2D eigenvalue weighted by molar-refractivity contribution is 5.63. The SMILES string of the molecule is Cc1cc(OCC(N)(CC(C)C)C(F)(F)F)c(C)nc1-c1ccncc1. The number of alkyl halides is 3. The van der Waals surface area contributed by atoms with Crippen LogP contribution in [0.4, 0.5) is 13.2 Å². The summed E-state index contributed by atoms with van der Waals surface area (Å²) in [6.07, 6.45) is -1.44. The second-order valence-electron chi connectivity index (χ2n) is 7.01. The lowest BCUT2D eigenvalue weighted by atomic mass is 9.90. The summed E-state index contributed by atoms with van der Waals surface area (Å²) >= 11 is 0. The zero-order valence-electron chi connectivity index (χ0n) is 15.4. The van der Waals surface area contributed by atoms with Gasteiger partial charge in [0, 0.05) is 18.0 Å². The van der Waals surface area contributed by atoms with Gasteiger partial charge in [-0.3, -0.25) is 4.98 Å². The summed E-state index contributed by atoms with van der Waals surface area (Å²) in [5.41, 5.74) is 6.20. The molecule has 1 unspecified atom stereocenters. The lowest BCUT2D eigenvalue weighted by Gasteiger charge is -2.33. The largest absolute Gasteiger partial charge is 0.489 e. The molecule has 2 aromatic heterocycles. The highest BCUT2D eigenvalue weighted by atomic mass is 19.4. The number of nitrogens with two attached hydrogens (primary N) is 1. The van der Waals surface area contributed by atoms with E-state index >= 15 is 0 Å². The fraction of sp³-hybridized carbons (Fsp3) is 0.474. The molecule has 0 bridgehead atoms. The van der Waals surface area contributed by atoms with E-state index in [4.69, 9.17) is 10.5 Å². The van der Waals surface area contributed by atoms with E-state index in [0.29, 0.717) is 11.4 Å². The fourth-order valence-corrected chi connectivity index (χ4v) is 2.82. The van der Waals surface area contributed by atoms with Gasteiger partial charge in [-0.05, 0) is 49.9 Å². The Morgan fingerprint density at radius 1 is 1.15 bits per heavy atom. The molecule has 2 N–H and O–H groups in total. The molecule has 2 heterocycles. The van der Waals surface area contributed by atoms with Gasteiger partial charge in [0.05, 0.1) is 11.4 Å². The Balaban J connectivity index is 2.26. The summed E-state index contributed by atoms with van der Waals surface area (Å²) in [5, 5.41) is 0. The number of halogens is 3. The smallest absolute Gasteiger partial charge is 0.409 e. The van der Waals surface area contributed by atoms with Crippen molar-refractivity contribution in [1.82, 2.24) is 9.97 Å². The lowest BCUT2D eigenvalue weighted by molar-refractivity contribution is -0.197. The van der Waals surface area contributed by atoms with Crippen LogP contribution in [0, 0.1) is 19.8 Å². The molecule has 142 valence electrons. The molecule has 0 aliphatic carbocycles. The first-order valence-electron chi connectivity index (χ1n) is 8.40. The van der Waals surface area contributed by atoms with Crippen LogP contribution in [0.25, 0.3) is 11.3 Å². The summed E-state index contributed by atoms with van der Waals surface area (Å²) < 4.78 is 45.7. The van der Waals surface area contributed by atoms with Crippen LogP contribution in [0.1, 0.15) is 31.5 Å². The Hall–Kier alpha value is -2.15. The maximum Gasteiger partial charge on any atom is 0.409 e. The summed E-state index contributed by atoms with van der Waals surface area (Å²) in [5.74, 6) is 0.100. The van der Waals surface area contributed by atoms with Crippen molar-refractivity contribution in [1.29, 1.82) is 0 Å². The number of nitrogens with zero attached hydrogens (tertiary/aromatic N) is 2. The summed E-state index contributed by atoms with van der Waals surface area (Å²) in [6.45, 7) is 6.29. The normalized spacial score (nSPS) is 14.3. The van der Waals surface area contributed by atoms with Gasteiger partial charge in [0.2, 0.25) is 0 Å². The third kappa shape index (κ3) is 4.52. The number of hydrogen-bond acceptors (Lipinski definition) is 4. The van der Waals surface area contributed by atoms with Crippen LogP contribution in [0.15, 0.2) is 30.6 Å². The van der Waals surface area contributed by atoms with Crippen molar-refractivity contribution in [2.24, 2.45) is 11.7 Å². The third-order valence-corrected chi connectivity index (χ3v) is 4.13. The Labute approximate surface area is 151 Å². The highest BCUT2D eigenvalue weighted by Gasteiger charge is 2.52. The molecule has 0 fully saturated rings. The molecule has 26 heavy (non-hydrogen) atoms. The first-order chi connectivity index (χ1) is 12.0. The first-order valence-corrected chi connectivity index (χ1v) is 8.40. The van der Waals surface area contributed by atoms with Crippen LogP contribution in [-0.2, 0) is 0 Å². The van der Waals surface area contributed by atoms with Gasteiger partial charge in [0.15, 0.2) is 0 Å². The number of aromatic nitrogens is 2. The molecule has 0 aliphatic rings.